The highest BCUT2D eigenvalue weighted by Crippen LogP contribution is 2.30. The van der Waals surface area contributed by atoms with Crippen molar-refractivity contribution in [3.05, 3.63) is 40.7 Å². The fraction of sp³-hybridized carbons (Fsp3) is 0.542. The van der Waals surface area contributed by atoms with Crippen LogP contribution in [0, 0.1) is 18.7 Å². The van der Waals surface area contributed by atoms with Gasteiger partial charge in [-0.25, -0.2) is 9.37 Å². The lowest BCUT2D eigenvalue weighted by atomic mass is 9.93. The normalized spacial score (nSPS) is 14.7. The molecule has 2 aromatic rings. The maximum atomic E-state index is 13.2. The van der Waals surface area contributed by atoms with Crippen LogP contribution in [0.15, 0.2) is 24.3 Å². The summed E-state index contributed by atoms with van der Waals surface area (Å²) in [4.78, 5) is 32.2. The van der Waals surface area contributed by atoms with Crippen LogP contribution in [0.5, 0.6) is 0 Å². The monoisotopic (exact) mass is 461 g/mol. The Morgan fingerprint density at radius 3 is 2.59 bits per heavy atom. The summed E-state index contributed by atoms with van der Waals surface area (Å²) >= 11 is 1.35. The molecule has 0 aliphatic carbocycles. The molecule has 0 bridgehead atoms. The van der Waals surface area contributed by atoms with E-state index in [-0.39, 0.29) is 23.7 Å². The number of thiazole rings is 1. The number of carbonyl (C=O) groups is 2. The molecule has 2 heterocycles. The molecule has 174 valence electrons. The first-order valence-electron chi connectivity index (χ1n) is 11.2. The van der Waals surface area contributed by atoms with E-state index in [1.165, 1.54) is 23.5 Å². The lowest BCUT2D eigenvalue weighted by Crippen LogP contribution is -2.39. The molecule has 0 atom stereocenters. The molecule has 8 heteroatoms. The van der Waals surface area contributed by atoms with Crippen molar-refractivity contribution in [2.24, 2.45) is 5.92 Å². The number of hydrogen-bond donors (Lipinski definition) is 1. The van der Waals surface area contributed by atoms with Gasteiger partial charge in [-0.1, -0.05) is 0 Å². The molecule has 1 aromatic carbocycles. The van der Waals surface area contributed by atoms with Gasteiger partial charge in [-0.05, 0) is 70.2 Å². The summed E-state index contributed by atoms with van der Waals surface area (Å²) in [6.07, 6.45) is 3.16. The average Bonchev–Trinajstić information content (AvgIpc) is 3.15. The Morgan fingerprint density at radius 2 is 1.94 bits per heavy atom. The van der Waals surface area contributed by atoms with Gasteiger partial charge < -0.3 is 15.0 Å². The van der Waals surface area contributed by atoms with Crippen molar-refractivity contribution < 1.29 is 18.7 Å². The van der Waals surface area contributed by atoms with Crippen molar-refractivity contribution >= 4 is 23.2 Å². The van der Waals surface area contributed by atoms with Crippen LogP contribution in [0.25, 0.3) is 10.6 Å². The molecule has 0 saturated carbocycles. The van der Waals surface area contributed by atoms with Crippen molar-refractivity contribution in [2.45, 2.75) is 52.6 Å². The van der Waals surface area contributed by atoms with Gasteiger partial charge in [0, 0.05) is 38.2 Å². The second-order valence-electron chi connectivity index (χ2n) is 8.50. The van der Waals surface area contributed by atoms with Gasteiger partial charge in [0.1, 0.15) is 15.7 Å². The van der Waals surface area contributed by atoms with E-state index >= 15 is 0 Å². The van der Waals surface area contributed by atoms with Crippen LogP contribution in [0.3, 0.4) is 0 Å². The zero-order chi connectivity index (χ0) is 23.1. The molecule has 1 fully saturated rings. The van der Waals surface area contributed by atoms with Crippen molar-refractivity contribution in [3.8, 4) is 10.6 Å². The zero-order valence-corrected chi connectivity index (χ0v) is 19.8. The van der Waals surface area contributed by atoms with Gasteiger partial charge in [-0.15, -0.1) is 11.3 Å². The van der Waals surface area contributed by atoms with E-state index in [0.29, 0.717) is 49.2 Å². The van der Waals surface area contributed by atoms with Gasteiger partial charge in [-0.3, -0.25) is 9.59 Å². The van der Waals surface area contributed by atoms with Crippen LogP contribution in [-0.4, -0.2) is 54.0 Å². The standard InChI is InChI=1S/C24H32FN3O3S/c1-16(2)31-14-4-11-26-21(29)15-18-9-12-28(13-10-18)24(30)22-17(3)27-23(32-22)19-5-7-20(25)8-6-19/h5-8,16,18H,4,9-15H2,1-3H3,(H,26,29). The highest BCUT2D eigenvalue weighted by atomic mass is 32.1. The molecule has 0 radical (unpaired) electrons. The molecule has 1 saturated heterocycles. The van der Waals surface area contributed by atoms with Crippen LogP contribution in [0.2, 0.25) is 0 Å². The molecule has 1 aliphatic heterocycles. The number of rotatable bonds is 9. The molecule has 0 spiro atoms. The molecule has 1 aliphatic rings. The summed E-state index contributed by atoms with van der Waals surface area (Å²) < 4.78 is 18.7. The Hall–Kier alpha value is -2.32. The van der Waals surface area contributed by atoms with Crippen LogP contribution in [-0.2, 0) is 9.53 Å². The van der Waals surface area contributed by atoms with Crippen LogP contribution < -0.4 is 5.32 Å². The SMILES string of the molecule is Cc1nc(-c2ccc(F)cc2)sc1C(=O)N1CCC(CC(=O)NCCCOC(C)C)CC1. The van der Waals surface area contributed by atoms with Gasteiger partial charge in [0.05, 0.1) is 11.8 Å². The number of aromatic nitrogens is 1. The fourth-order valence-corrected chi connectivity index (χ4v) is 4.79. The topological polar surface area (TPSA) is 71.5 Å². The number of benzene rings is 1. The van der Waals surface area contributed by atoms with Gasteiger partial charge >= 0.3 is 0 Å². The third-order valence-corrected chi connectivity index (χ3v) is 6.75. The Bertz CT molecular complexity index is 906. The number of halogens is 1. The number of ether oxygens (including phenoxy) is 1. The summed E-state index contributed by atoms with van der Waals surface area (Å²) in [5, 5.41) is 3.68. The second-order valence-corrected chi connectivity index (χ2v) is 9.50. The maximum absolute atomic E-state index is 13.2. The Labute approximate surface area is 193 Å². The third-order valence-electron chi connectivity index (χ3n) is 5.55. The van der Waals surface area contributed by atoms with E-state index < -0.39 is 0 Å². The Balaban J connectivity index is 1.45. The zero-order valence-electron chi connectivity index (χ0n) is 19.0. The quantitative estimate of drug-likeness (QED) is 0.561. The van der Waals surface area contributed by atoms with Gasteiger partial charge in [0.2, 0.25) is 5.91 Å². The van der Waals surface area contributed by atoms with Gasteiger partial charge in [0.15, 0.2) is 0 Å². The second kappa shape index (κ2) is 11.5. The number of nitrogens with zero attached hydrogens (tertiary/aromatic N) is 2. The molecular formula is C24H32FN3O3S. The number of aryl methyl sites for hydroxylation is 1. The van der Waals surface area contributed by atoms with E-state index in [0.717, 1.165) is 29.8 Å². The number of nitrogens with one attached hydrogen (secondary N) is 1. The minimum Gasteiger partial charge on any atom is -0.379 e. The molecule has 3 rings (SSSR count). The number of carbonyl (C=O) groups excluding carboxylic acids is 2. The van der Waals surface area contributed by atoms with Crippen molar-refractivity contribution in [2.75, 3.05) is 26.2 Å². The first-order chi connectivity index (χ1) is 15.3. The van der Waals surface area contributed by atoms with E-state index in [4.69, 9.17) is 4.74 Å². The summed E-state index contributed by atoms with van der Waals surface area (Å²) in [6.45, 7) is 8.39. The highest BCUT2D eigenvalue weighted by Gasteiger charge is 2.27. The molecule has 0 unspecified atom stereocenters. The average molecular weight is 462 g/mol. The van der Waals surface area contributed by atoms with Crippen LogP contribution in [0.1, 0.15) is 54.9 Å². The first-order valence-corrected chi connectivity index (χ1v) is 12.1. The number of amides is 2. The van der Waals surface area contributed by atoms with Crippen LogP contribution >= 0.6 is 11.3 Å². The predicted octanol–water partition coefficient (Wildman–Crippen LogP) is 4.43. The maximum Gasteiger partial charge on any atom is 0.265 e. The summed E-state index contributed by atoms with van der Waals surface area (Å²) in [5.41, 5.74) is 1.50. The lowest BCUT2D eigenvalue weighted by molar-refractivity contribution is -0.122. The Kier molecular flexibility index (Phi) is 8.75. The number of likely N-dealkylation sites (tertiary alicyclic amines) is 1. The summed E-state index contributed by atoms with van der Waals surface area (Å²) in [7, 11) is 0. The van der Waals surface area contributed by atoms with Gasteiger partial charge in [-0.2, -0.15) is 0 Å². The van der Waals surface area contributed by atoms with Crippen LogP contribution in [0.4, 0.5) is 4.39 Å². The Morgan fingerprint density at radius 1 is 1.25 bits per heavy atom. The first kappa shape index (κ1) is 24.3. The molecule has 1 aromatic heterocycles. The number of piperidine rings is 1. The predicted molar refractivity (Wildman–Crippen MR) is 124 cm³/mol. The fourth-order valence-electron chi connectivity index (χ4n) is 3.75. The largest absolute Gasteiger partial charge is 0.379 e. The van der Waals surface area contributed by atoms with E-state index in [9.17, 15) is 14.0 Å². The third kappa shape index (κ3) is 6.84. The molecule has 32 heavy (non-hydrogen) atoms. The van der Waals surface area contributed by atoms with E-state index in [1.807, 2.05) is 25.7 Å². The molecular weight excluding hydrogens is 429 g/mol. The van der Waals surface area contributed by atoms with E-state index in [1.54, 1.807) is 12.1 Å². The van der Waals surface area contributed by atoms with Crippen molar-refractivity contribution in [1.82, 2.24) is 15.2 Å². The lowest BCUT2D eigenvalue weighted by Gasteiger charge is -2.31. The smallest absolute Gasteiger partial charge is 0.265 e. The van der Waals surface area contributed by atoms with Gasteiger partial charge in [0.25, 0.3) is 5.91 Å². The molecule has 1 N–H and O–H groups in total. The van der Waals surface area contributed by atoms with Crippen molar-refractivity contribution in [3.63, 3.8) is 0 Å². The molecule has 6 nitrogen and oxygen atoms in total. The number of hydrogen-bond acceptors (Lipinski definition) is 5. The highest BCUT2D eigenvalue weighted by molar-refractivity contribution is 7.17. The molecule has 2 amide bonds. The van der Waals surface area contributed by atoms with Crippen molar-refractivity contribution in [1.29, 1.82) is 0 Å². The summed E-state index contributed by atoms with van der Waals surface area (Å²) in [5.74, 6) is 0.0568. The minimum atomic E-state index is -0.296. The minimum absolute atomic E-state index is 0.0126. The summed E-state index contributed by atoms with van der Waals surface area (Å²) in [6, 6.07) is 6.15. The van der Waals surface area contributed by atoms with E-state index in [2.05, 4.69) is 10.3 Å².